The molecular formula is C38H43ClF2N4O4S2. The van der Waals surface area contributed by atoms with E-state index < -0.39 is 31.3 Å². The van der Waals surface area contributed by atoms with Gasteiger partial charge in [-0.3, -0.25) is 0 Å². The summed E-state index contributed by atoms with van der Waals surface area (Å²) in [5.74, 6) is -0.879. The second-order valence-electron chi connectivity index (χ2n) is 13.3. The first-order chi connectivity index (χ1) is 24.1. The third-order valence-corrected chi connectivity index (χ3v) is 13.9. The number of hydrogen-bond acceptors (Lipinski definition) is 8. The fourth-order valence-corrected chi connectivity index (χ4v) is 10.3. The van der Waals surface area contributed by atoms with Crippen molar-refractivity contribution in [3.8, 4) is 0 Å². The summed E-state index contributed by atoms with van der Waals surface area (Å²) in [6.07, 6.45) is 6.21. The Morgan fingerprint density at radius 2 is 0.843 bits per heavy atom. The molecule has 13 heteroatoms. The van der Waals surface area contributed by atoms with Crippen molar-refractivity contribution in [1.29, 1.82) is 0 Å². The standard InChI is InChI=1S/2C19H21FN2O2S.ClH/c2*20-15-1-3-17(4-2-15)25(23,24)18-5-6-19-14(13-18)9-12-22(19)16-7-10-21-11-8-16;/h2*1-6,13,16,21H,7-12H2;1H. The summed E-state index contributed by atoms with van der Waals surface area (Å²) < 4.78 is 77.3. The van der Waals surface area contributed by atoms with E-state index in [9.17, 15) is 25.6 Å². The quantitative estimate of drug-likeness (QED) is 0.233. The molecule has 0 bridgehead atoms. The maximum atomic E-state index is 13.1. The molecule has 2 saturated heterocycles. The molecule has 0 aliphatic carbocycles. The Hall–Kier alpha value is -3.55. The van der Waals surface area contributed by atoms with Crippen LogP contribution in [0.3, 0.4) is 0 Å². The van der Waals surface area contributed by atoms with Gasteiger partial charge in [0.25, 0.3) is 0 Å². The van der Waals surface area contributed by atoms with E-state index in [2.05, 4.69) is 20.4 Å². The predicted molar refractivity (Wildman–Crippen MR) is 198 cm³/mol. The normalized spacial score (nSPS) is 18.0. The van der Waals surface area contributed by atoms with Gasteiger partial charge in [0.2, 0.25) is 19.7 Å². The molecule has 4 aromatic carbocycles. The minimum atomic E-state index is -3.61. The Labute approximate surface area is 305 Å². The summed E-state index contributed by atoms with van der Waals surface area (Å²) in [5, 5.41) is 6.76. The second kappa shape index (κ2) is 15.6. The van der Waals surface area contributed by atoms with Crippen molar-refractivity contribution in [2.75, 3.05) is 49.1 Å². The molecule has 4 heterocycles. The highest BCUT2D eigenvalue weighted by molar-refractivity contribution is 7.91. The minimum absolute atomic E-state index is 0. The highest BCUT2D eigenvalue weighted by Crippen LogP contribution is 2.36. The average Bonchev–Trinajstić information content (AvgIpc) is 3.77. The summed E-state index contributed by atoms with van der Waals surface area (Å²) in [4.78, 5) is 5.66. The van der Waals surface area contributed by atoms with E-state index in [-0.39, 0.29) is 32.0 Å². The van der Waals surface area contributed by atoms with Crippen molar-refractivity contribution < 1.29 is 25.6 Å². The Bertz CT molecular complexity index is 1910. The molecule has 4 aromatic rings. The van der Waals surface area contributed by atoms with Gasteiger partial charge in [0.15, 0.2) is 0 Å². The third-order valence-electron chi connectivity index (χ3n) is 10.3. The molecule has 4 aliphatic rings. The number of nitrogens with one attached hydrogen (secondary N) is 2. The molecule has 2 N–H and O–H groups in total. The molecule has 0 atom stereocenters. The van der Waals surface area contributed by atoms with Gasteiger partial charge in [0.1, 0.15) is 11.6 Å². The third kappa shape index (κ3) is 7.80. The Morgan fingerprint density at radius 3 is 1.20 bits per heavy atom. The van der Waals surface area contributed by atoms with Gasteiger partial charge in [-0.1, -0.05) is 0 Å². The van der Waals surface area contributed by atoms with E-state index >= 15 is 0 Å². The van der Waals surface area contributed by atoms with Gasteiger partial charge in [-0.15, -0.1) is 12.4 Å². The van der Waals surface area contributed by atoms with Crippen LogP contribution < -0.4 is 20.4 Å². The van der Waals surface area contributed by atoms with E-state index in [1.165, 1.54) is 48.5 Å². The van der Waals surface area contributed by atoms with Gasteiger partial charge >= 0.3 is 0 Å². The number of fused-ring (bicyclic) bond motifs is 2. The van der Waals surface area contributed by atoms with Gasteiger partial charge in [0.05, 0.1) is 19.6 Å². The SMILES string of the molecule is Cl.O=S(=O)(c1ccc(F)cc1)c1ccc2c(c1)CCN2C1CCNCC1.O=S(=O)(c1ccc(F)cc1)c1ccc2c(c1)CCN2C1CCNCC1. The van der Waals surface area contributed by atoms with Crippen LogP contribution in [0.2, 0.25) is 0 Å². The lowest BCUT2D eigenvalue weighted by molar-refractivity contribution is 0.435. The van der Waals surface area contributed by atoms with Crippen molar-refractivity contribution >= 4 is 43.5 Å². The van der Waals surface area contributed by atoms with Crippen LogP contribution in [0.15, 0.2) is 105 Å². The number of hydrogen-bond donors (Lipinski definition) is 2. The maximum Gasteiger partial charge on any atom is 0.206 e. The van der Waals surface area contributed by atoms with Crippen molar-refractivity contribution in [3.63, 3.8) is 0 Å². The second-order valence-corrected chi connectivity index (χ2v) is 17.2. The predicted octanol–water partition coefficient (Wildman–Crippen LogP) is 5.97. The first kappa shape index (κ1) is 37.2. The Morgan fingerprint density at radius 1 is 0.510 bits per heavy atom. The molecule has 0 radical (unpaired) electrons. The highest BCUT2D eigenvalue weighted by Gasteiger charge is 2.30. The average molecular weight is 757 g/mol. The molecular weight excluding hydrogens is 714 g/mol. The van der Waals surface area contributed by atoms with Crippen molar-refractivity contribution in [2.45, 2.75) is 70.2 Å². The zero-order valence-electron chi connectivity index (χ0n) is 28.2. The monoisotopic (exact) mass is 756 g/mol. The number of sulfone groups is 2. The molecule has 8 rings (SSSR count). The van der Waals surface area contributed by atoms with Gasteiger partial charge in [-0.25, -0.2) is 25.6 Å². The van der Waals surface area contributed by atoms with E-state index in [1.807, 2.05) is 12.1 Å². The van der Waals surface area contributed by atoms with Crippen LogP contribution >= 0.6 is 12.4 Å². The van der Waals surface area contributed by atoms with Crippen LogP contribution in [-0.4, -0.2) is 68.2 Å². The highest BCUT2D eigenvalue weighted by atomic mass is 35.5. The van der Waals surface area contributed by atoms with Crippen LogP contribution in [0.4, 0.5) is 20.2 Å². The minimum Gasteiger partial charge on any atom is -0.368 e. The first-order valence-corrected chi connectivity index (χ1v) is 20.3. The van der Waals surface area contributed by atoms with Gasteiger partial charge < -0.3 is 20.4 Å². The zero-order valence-corrected chi connectivity index (χ0v) is 30.7. The fourth-order valence-electron chi connectivity index (χ4n) is 7.64. The van der Waals surface area contributed by atoms with Gasteiger partial charge in [0, 0.05) is 36.5 Å². The number of anilines is 2. The topological polar surface area (TPSA) is 98.8 Å². The lowest BCUT2D eigenvalue weighted by atomic mass is 10.0. The van der Waals surface area contributed by atoms with Gasteiger partial charge in [-0.05, 0) is 161 Å². The van der Waals surface area contributed by atoms with E-state index in [1.54, 1.807) is 24.3 Å². The summed E-state index contributed by atoms with van der Waals surface area (Å²) in [6, 6.07) is 21.8. The molecule has 0 spiro atoms. The van der Waals surface area contributed by atoms with Crippen molar-refractivity contribution in [2.24, 2.45) is 0 Å². The molecule has 0 aromatic heterocycles. The summed E-state index contributed by atoms with van der Waals surface area (Å²) in [6.45, 7) is 6.03. The molecule has 2 fully saturated rings. The van der Waals surface area contributed by atoms with E-state index in [4.69, 9.17) is 0 Å². The molecule has 272 valence electrons. The first-order valence-electron chi connectivity index (χ1n) is 17.3. The molecule has 0 amide bonds. The molecule has 0 unspecified atom stereocenters. The maximum absolute atomic E-state index is 13.1. The summed E-state index contributed by atoms with van der Waals surface area (Å²) in [7, 11) is -7.23. The van der Waals surface area contributed by atoms with Crippen molar-refractivity contribution in [3.05, 3.63) is 108 Å². The number of rotatable bonds is 6. The van der Waals surface area contributed by atoms with E-state index in [0.29, 0.717) is 12.1 Å². The molecule has 4 aliphatic heterocycles. The molecule has 8 nitrogen and oxygen atoms in total. The number of halogens is 3. The van der Waals surface area contributed by atoms with E-state index in [0.717, 1.165) is 100 Å². The van der Waals surface area contributed by atoms with Gasteiger partial charge in [-0.2, -0.15) is 0 Å². The molecule has 0 saturated carbocycles. The number of piperidine rings is 2. The van der Waals surface area contributed by atoms with Crippen LogP contribution in [0.5, 0.6) is 0 Å². The van der Waals surface area contributed by atoms with Crippen LogP contribution in [0, 0.1) is 11.6 Å². The lowest BCUT2D eigenvalue weighted by Crippen LogP contribution is -2.42. The smallest absolute Gasteiger partial charge is 0.206 e. The number of benzene rings is 4. The summed E-state index contributed by atoms with van der Waals surface area (Å²) >= 11 is 0. The largest absolute Gasteiger partial charge is 0.368 e. The van der Waals surface area contributed by atoms with Crippen LogP contribution in [0.1, 0.15) is 36.8 Å². The summed E-state index contributed by atoms with van der Waals surface area (Å²) in [5.41, 5.74) is 4.48. The fraction of sp³-hybridized carbons (Fsp3) is 0.368. The lowest BCUT2D eigenvalue weighted by Gasteiger charge is -2.33. The molecule has 51 heavy (non-hydrogen) atoms. The Balaban J connectivity index is 0.000000172. The van der Waals surface area contributed by atoms with Crippen LogP contribution in [-0.2, 0) is 32.5 Å². The Kier molecular flexibility index (Phi) is 11.4. The van der Waals surface area contributed by atoms with Crippen molar-refractivity contribution in [1.82, 2.24) is 10.6 Å². The number of nitrogens with zero attached hydrogens (tertiary/aromatic N) is 2. The van der Waals surface area contributed by atoms with Crippen LogP contribution in [0.25, 0.3) is 0 Å². The zero-order chi connectivity index (χ0) is 34.9.